The van der Waals surface area contributed by atoms with Crippen LogP contribution in [0.25, 0.3) is 17.0 Å². The van der Waals surface area contributed by atoms with Gasteiger partial charge in [0.25, 0.3) is 0 Å². The summed E-state index contributed by atoms with van der Waals surface area (Å²) >= 11 is 7.88. The second-order valence-electron chi connectivity index (χ2n) is 5.20. The maximum atomic E-state index is 6.24. The summed E-state index contributed by atoms with van der Waals surface area (Å²) in [5.41, 5.74) is 3.92. The van der Waals surface area contributed by atoms with Gasteiger partial charge in [0.15, 0.2) is 0 Å². The number of thiophene rings is 1. The first-order valence-corrected chi connectivity index (χ1v) is 8.43. The molecule has 0 radical (unpaired) electrons. The molecular weight excluding hydrogens is 328 g/mol. The Balaban J connectivity index is 1.87. The number of aromatic nitrogens is 3. The minimum absolute atomic E-state index is 0.661. The molecule has 3 aromatic heterocycles. The molecule has 0 saturated heterocycles. The highest BCUT2D eigenvalue weighted by Gasteiger charge is 2.15. The Labute approximate surface area is 142 Å². The lowest BCUT2D eigenvalue weighted by Gasteiger charge is -2.09. The van der Waals surface area contributed by atoms with Crippen LogP contribution in [-0.4, -0.2) is 14.4 Å². The largest absolute Gasteiger partial charge is 0.339 e. The van der Waals surface area contributed by atoms with Crippen LogP contribution in [0.5, 0.6) is 0 Å². The Bertz CT molecular complexity index is 976. The van der Waals surface area contributed by atoms with Crippen LogP contribution in [0, 0.1) is 6.92 Å². The van der Waals surface area contributed by atoms with Gasteiger partial charge in [-0.25, -0.2) is 9.97 Å². The third-order valence-corrected chi connectivity index (χ3v) is 4.72. The van der Waals surface area contributed by atoms with Gasteiger partial charge in [0.2, 0.25) is 5.78 Å². The maximum absolute atomic E-state index is 6.24. The van der Waals surface area contributed by atoms with Crippen LogP contribution in [0.3, 0.4) is 0 Å². The van der Waals surface area contributed by atoms with Gasteiger partial charge in [-0.2, -0.15) is 11.3 Å². The molecule has 1 N–H and O–H groups in total. The first-order valence-electron chi connectivity index (χ1n) is 7.11. The molecule has 3 heterocycles. The summed E-state index contributed by atoms with van der Waals surface area (Å²) in [5, 5.41) is 8.29. The fourth-order valence-corrected chi connectivity index (χ4v) is 3.24. The van der Waals surface area contributed by atoms with E-state index in [1.54, 1.807) is 17.5 Å². The number of benzene rings is 1. The van der Waals surface area contributed by atoms with Crippen LogP contribution in [-0.2, 0) is 0 Å². The molecule has 0 amide bonds. The zero-order valence-corrected chi connectivity index (χ0v) is 13.9. The Morgan fingerprint density at radius 1 is 1.26 bits per heavy atom. The third-order valence-electron chi connectivity index (χ3n) is 3.63. The molecule has 4 rings (SSSR count). The molecule has 114 valence electrons. The maximum Gasteiger partial charge on any atom is 0.235 e. The fourth-order valence-electron chi connectivity index (χ4n) is 2.41. The number of rotatable bonds is 3. The van der Waals surface area contributed by atoms with E-state index in [-0.39, 0.29) is 0 Å². The summed E-state index contributed by atoms with van der Waals surface area (Å²) in [5.74, 6) is 1.54. The molecule has 0 aliphatic heterocycles. The van der Waals surface area contributed by atoms with Gasteiger partial charge in [0.05, 0.1) is 0 Å². The molecule has 0 aliphatic rings. The van der Waals surface area contributed by atoms with E-state index in [0.29, 0.717) is 5.78 Å². The van der Waals surface area contributed by atoms with Gasteiger partial charge >= 0.3 is 0 Å². The second-order valence-corrected chi connectivity index (χ2v) is 6.39. The first-order chi connectivity index (χ1) is 11.2. The predicted octanol–water partition coefficient (Wildman–Crippen LogP) is 5.16. The van der Waals surface area contributed by atoms with E-state index in [4.69, 9.17) is 11.6 Å². The van der Waals surface area contributed by atoms with Gasteiger partial charge < -0.3 is 5.32 Å². The smallest absolute Gasteiger partial charge is 0.235 e. The van der Waals surface area contributed by atoms with Gasteiger partial charge in [-0.15, -0.1) is 0 Å². The fraction of sp³-hybridized carbons (Fsp3) is 0.0588. The van der Waals surface area contributed by atoms with Gasteiger partial charge in [-0.1, -0.05) is 17.7 Å². The van der Waals surface area contributed by atoms with Gasteiger partial charge in [0.1, 0.15) is 11.5 Å². The highest BCUT2D eigenvalue weighted by molar-refractivity contribution is 7.08. The first kappa shape index (κ1) is 14.2. The Morgan fingerprint density at radius 3 is 2.96 bits per heavy atom. The molecule has 0 spiro atoms. The van der Waals surface area contributed by atoms with Crippen molar-refractivity contribution in [3.05, 3.63) is 64.1 Å². The Hall–Kier alpha value is -2.37. The van der Waals surface area contributed by atoms with E-state index in [1.165, 1.54) is 0 Å². The number of nitrogens with one attached hydrogen (secondary N) is 1. The molecule has 0 bridgehead atoms. The highest BCUT2D eigenvalue weighted by atomic mass is 35.5. The lowest BCUT2D eigenvalue weighted by atomic mass is 10.2. The number of fused-ring (bicyclic) bond motifs is 1. The quantitative estimate of drug-likeness (QED) is 0.560. The number of nitrogens with zero attached hydrogens (tertiary/aromatic N) is 3. The summed E-state index contributed by atoms with van der Waals surface area (Å²) < 4.78 is 1.95. The molecule has 0 unspecified atom stereocenters. The summed E-state index contributed by atoms with van der Waals surface area (Å²) in [4.78, 5) is 8.99. The molecule has 4 nitrogen and oxygen atoms in total. The van der Waals surface area contributed by atoms with Gasteiger partial charge in [0, 0.05) is 34.0 Å². The lowest BCUT2D eigenvalue weighted by Crippen LogP contribution is -1.97. The van der Waals surface area contributed by atoms with E-state index in [0.717, 1.165) is 33.3 Å². The van der Waals surface area contributed by atoms with Crippen LogP contribution >= 0.6 is 22.9 Å². The van der Waals surface area contributed by atoms with E-state index in [9.17, 15) is 0 Å². The second kappa shape index (κ2) is 5.68. The van der Waals surface area contributed by atoms with Crippen molar-refractivity contribution in [2.45, 2.75) is 6.92 Å². The SMILES string of the molecule is Cc1ccc(Nc2c(-c3ccsc3)nc3ncccn23)cc1Cl. The Kier molecular flexibility index (Phi) is 3.52. The summed E-state index contributed by atoms with van der Waals surface area (Å²) in [6, 6.07) is 9.87. The zero-order valence-electron chi connectivity index (χ0n) is 12.3. The van der Waals surface area contributed by atoms with E-state index >= 15 is 0 Å². The summed E-state index contributed by atoms with van der Waals surface area (Å²) in [6.07, 6.45) is 3.69. The van der Waals surface area contributed by atoms with Crippen molar-refractivity contribution in [2.24, 2.45) is 0 Å². The van der Waals surface area contributed by atoms with Crippen LogP contribution in [0.4, 0.5) is 11.5 Å². The minimum Gasteiger partial charge on any atom is -0.339 e. The number of aryl methyl sites for hydroxylation is 1. The van der Waals surface area contributed by atoms with Crippen LogP contribution in [0.2, 0.25) is 5.02 Å². The molecule has 1 aromatic carbocycles. The van der Waals surface area contributed by atoms with Crippen molar-refractivity contribution in [2.75, 3.05) is 5.32 Å². The van der Waals surface area contributed by atoms with Crippen molar-refractivity contribution in [3.63, 3.8) is 0 Å². The zero-order chi connectivity index (χ0) is 15.8. The Morgan fingerprint density at radius 2 is 2.17 bits per heavy atom. The summed E-state index contributed by atoms with van der Waals surface area (Å²) in [6.45, 7) is 1.99. The van der Waals surface area contributed by atoms with E-state index in [1.807, 2.05) is 47.2 Å². The number of halogens is 1. The number of hydrogen-bond donors (Lipinski definition) is 1. The van der Waals surface area contributed by atoms with E-state index in [2.05, 4.69) is 26.7 Å². The van der Waals surface area contributed by atoms with Crippen LogP contribution < -0.4 is 5.32 Å². The lowest BCUT2D eigenvalue weighted by molar-refractivity contribution is 1.11. The third kappa shape index (κ3) is 2.58. The van der Waals surface area contributed by atoms with Gasteiger partial charge in [-0.05, 0) is 42.1 Å². The molecule has 0 saturated carbocycles. The summed E-state index contributed by atoms with van der Waals surface area (Å²) in [7, 11) is 0. The molecular formula is C17H13ClN4S. The number of hydrogen-bond acceptors (Lipinski definition) is 4. The van der Waals surface area contributed by atoms with Crippen molar-refractivity contribution >= 4 is 40.2 Å². The van der Waals surface area contributed by atoms with Gasteiger partial charge in [-0.3, -0.25) is 4.40 Å². The van der Waals surface area contributed by atoms with Crippen molar-refractivity contribution < 1.29 is 0 Å². The topological polar surface area (TPSA) is 42.2 Å². The van der Waals surface area contributed by atoms with Crippen LogP contribution in [0.1, 0.15) is 5.56 Å². The molecule has 0 atom stereocenters. The van der Waals surface area contributed by atoms with E-state index < -0.39 is 0 Å². The normalized spacial score (nSPS) is 11.0. The van der Waals surface area contributed by atoms with Crippen molar-refractivity contribution in [1.29, 1.82) is 0 Å². The molecule has 0 aliphatic carbocycles. The molecule has 6 heteroatoms. The minimum atomic E-state index is 0.661. The standard InChI is InChI=1S/C17H13ClN4S/c1-11-3-4-13(9-14(11)18)20-16-15(12-5-8-23-10-12)21-17-19-6-2-7-22(16)17/h2-10,20H,1H3. The van der Waals surface area contributed by atoms with Crippen molar-refractivity contribution in [1.82, 2.24) is 14.4 Å². The van der Waals surface area contributed by atoms with Crippen molar-refractivity contribution in [3.8, 4) is 11.3 Å². The highest BCUT2D eigenvalue weighted by Crippen LogP contribution is 2.32. The number of imidazole rings is 1. The molecule has 4 aromatic rings. The average molecular weight is 341 g/mol. The van der Waals surface area contributed by atoms with Crippen LogP contribution in [0.15, 0.2) is 53.5 Å². The molecule has 0 fully saturated rings. The monoisotopic (exact) mass is 340 g/mol. The molecule has 23 heavy (non-hydrogen) atoms. The predicted molar refractivity (Wildman–Crippen MR) is 95.8 cm³/mol. The average Bonchev–Trinajstić information content (AvgIpc) is 3.19. The number of anilines is 2.